The van der Waals surface area contributed by atoms with Crippen molar-refractivity contribution in [2.45, 2.75) is 0 Å². The maximum absolute atomic E-state index is 11.6. The molecule has 0 bridgehead atoms. The third kappa shape index (κ3) is 3.29. The van der Waals surface area contributed by atoms with Crippen LogP contribution in [0.1, 0.15) is 0 Å². The van der Waals surface area contributed by atoms with Crippen LogP contribution in [0.3, 0.4) is 0 Å². The van der Waals surface area contributed by atoms with E-state index in [0.717, 1.165) is 21.4 Å². The van der Waals surface area contributed by atoms with E-state index in [1.807, 2.05) is 22.7 Å². The zero-order chi connectivity index (χ0) is 15.9. The van der Waals surface area contributed by atoms with Gasteiger partial charge in [-0.05, 0) is 0 Å². The van der Waals surface area contributed by atoms with E-state index >= 15 is 0 Å². The van der Waals surface area contributed by atoms with Gasteiger partial charge in [0.2, 0.25) is 0 Å². The minimum absolute atomic E-state index is 0.153. The second kappa shape index (κ2) is 5.84. The van der Waals surface area contributed by atoms with Crippen LogP contribution in [0.2, 0.25) is 5.15 Å². The molecule has 116 valence electrons. The second-order valence-electron chi connectivity index (χ2n) is 4.62. The van der Waals surface area contributed by atoms with Gasteiger partial charge in [0.25, 0.3) is 0 Å². The quantitative estimate of drug-likeness (QED) is 0.247. The van der Waals surface area contributed by atoms with Gasteiger partial charge >= 0.3 is 145 Å². The predicted molar refractivity (Wildman–Crippen MR) is 97.6 cm³/mol. The number of imidazole rings is 1. The van der Waals surface area contributed by atoms with Crippen molar-refractivity contribution in [2.24, 2.45) is 0 Å². The molecule has 0 radical (unpaired) electrons. The summed E-state index contributed by atoms with van der Waals surface area (Å²) in [6, 6.07) is 5.48. The minimum atomic E-state index is -4.17. The van der Waals surface area contributed by atoms with Crippen LogP contribution < -0.4 is 3.53 Å². The molecule has 3 aromatic heterocycles. The van der Waals surface area contributed by atoms with Crippen molar-refractivity contribution < 1.29 is 6.51 Å². The molecule has 0 aliphatic rings. The van der Waals surface area contributed by atoms with E-state index in [4.69, 9.17) is 11.6 Å². The van der Waals surface area contributed by atoms with Crippen molar-refractivity contribution >= 4 is 58.0 Å². The summed E-state index contributed by atoms with van der Waals surface area (Å²) in [4.78, 5) is 9.67. The van der Waals surface area contributed by atoms with Crippen LogP contribution in [-0.2, 0) is 3.07 Å². The number of rotatable bonds is 3. The first-order chi connectivity index (χ1) is 10.3. The molecule has 0 saturated heterocycles. The molecule has 2 N–H and O–H groups in total. The molecule has 3 heterocycles. The molecule has 1 unspecified atom stereocenters. The van der Waals surface area contributed by atoms with Gasteiger partial charge in [0, 0.05) is 0 Å². The molecule has 22 heavy (non-hydrogen) atoms. The van der Waals surface area contributed by atoms with E-state index in [1.54, 1.807) is 18.5 Å². The molecular weight excluding hydrogens is 486 g/mol. The molecule has 1 atom stereocenters. The first-order valence-electron chi connectivity index (χ1n) is 6.04. The molecule has 9 heteroatoms. The van der Waals surface area contributed by atoms with Gasteiger partial charge in [-0.2, -0.15) is 0 Å². The average Bonchev–Trinajstić information content (AvgIpc) is 2.82. The van der Waals surface area contributed by atoms with Crippen molar-refractivity contribution in [3.63, 3.8) is 0 Å². The van der Waals surface area contributed by atoms with Crippen LogP contribution >= 0.6 is 46.6 Å². The van der Waals surface area contributed by atoms with E-state index in [1.165, 1.54) is 4.93 Å². The second-order valence-corrected chi connectivity index (χ2v) is 10.7. The van der Waals surface area contributed by atoms with Gasteiger partial charge in [-0.15, -0.1) is 0 Å². The first-order valence-corrected chi connectivity index (χ1v) is 12.3. The summed E-state index contributed by atoms with van der Waals surface area (Å²) in [6.07, 6.45) is 5.20. The van der Waals surface area contributed by atoms with Crippen LogP contribution in [0.25, 0.3) is 16.9 Å². The number of alkyl halides is 1. The van der Waals surface area contributed by atoms with Crippen LogP contribution in [0.5, 0.6) is 0 Å². The summed E-state index contributed by atoms with van der Waals surface area (Å²) in [7, 11) is 0. The van der Waals surface area contributed by atoms with Crippen molar-refractivity contribution in [3.05, 3.63) is 46.4 Å². The summed E-state index contributed by atoms with van der Waals surface area (Å²) in [5.74, 6) is 0. The number of pyridine rings is 2. The van der Waals surface area contributed by atoms with Crippen LogP contribution in [0.15, 0.2) is 41.3 Å². The monoisotopic (exact) mass is 496 g/mol. The number of nitrogens with one attached hydrogen (secondary N) is 1. The fourth-order valence-electron chi connectivity index (χ4n) is 2.01. The van der Waals surface area contributed by atoms with E-state index in [-0.39, 0.29) is 5.15 Å². The molecular formula is C13H11BrClIN4O2. The molecule has 6 nitrogen and oxygen atoms in total. The first kappa shape index (κ1) is 15.8. The van der Waals surface area contributed by atoms with E-state index in [9.17, 15) is 6.51 Å². The van der Waals surface area contributed by atoms with Gasteiger partial charge in [0.15, 0.2) is 0 Å². The molecule has 0 saturated carbocycles. The number of anilines is 1. The Bertz CT molecular complexity index is 908. The van der Waals surface area contributed by atoms with Gasteiger partial charge in [0.05, 0.1) is 0 Å². The average molecular weight is 498 g/mol. The topological polar surface area (TPSA) is 79.5 Å². The van der Waals surface area contributed by atoms with Gasteiger partial charge in [0.1, 0.15) is 0 Å². The van der Waals surface area contributed by atoms with Crippen molar-refractivity contribution in [1.82, 2.24) is 14.4 Å². The third-order valence-corrected chi connectivity index (χ3v) is 5.26. The number of nitrogens with zero attached hydrogens (tertiary/aromatic N) is 3. The molecule has 0 spiro atoms. The summed E-state index contributed by atoms with van der Waals surface area (Å²) in [5, 5.41) is 0.153. The molecule has 0 amide bonds. The molecule has 3 rings (SSSR count). The number of fused-ring (bicyclic) bond motifs is 1. The summed E-state index contributed by atoms with van der Waals surface area (Å²) >= 11 is 5.21. The van der Waals surface area contributed by atoms with Gasteiger partial charge in [-0.3, -0.25) is 0 Å². The van der Waals surface area contributed by atoms with Crippen molar-refractivity contribution in [3.8, 4) is 11.3 Å². The number of aromatic nitrogens is 3. The SMILES string of the molecule is CI(=O)(O)Nc1cc(-c2cnc3cc(Br)ccn23)cnc1Cl. The Hall–Kier alpha value is -1.10. The summed E-state index contributed by atoms with van der Waals surface area (Å²) in [6.45, 7) is 0. The molecule has 0 aromatic carbocycles. The van der Waals surface area contributed by atoms with Gasteiger partial charge in [-0.25, -0.2) is 0 Å². The Morgan fingerprint density at radius 3 is 2.86 bits per heavy atom. The fourth-order valence-corrected chi connectivity index (χ4v) is 4.14. The molecule has 3 aromatic rings. The van der Waals surface area contributed by atoms with E-state index < -0.39 is 19.1 Å². The normalized spacial score (nSPS) is 15.5. The summed E-state index contributed by atoms with van der Waals surface area (Å²) in [5.41, 5.74) is 2.67. The maximum atomic E-state index is 11.6. The Kier molecular flexibility index (Phi) is 4.19. The predicted octanol–water partition coefficient (Wildman–Crippen LogP) is 4.06. The Morgan fingerprint density at radius 1 is 1.36 bits per heavy atom. The molecule has 0 fully saturated rings. The van der Waals surface area contributed by atoms with Crippen molar-refractivity contribution in [1.29, 1.82) is 0 Å². The van der Waals surface area contributed by atoms with Crippen LogP contribution in [0, 0.1) is 0 Å². The van der Waals surface area contributed by atoms with E-state index in [2.05, 4.69) is 29.4 Å². The Labute approximate surface area is 144 Å². The number of hydrogen-bond acceptors (Lipinski definition) is 3. The third-order valence-electron chi connectivity index (χ3n) is 2.89. The molecule has 0 aliphatic carbocycles. The van der Waals surface area contributed by atoms with Gasteiger partial charge in [-0.1, -0.05) is 0 Å². The Morgan fingerprint density at radius 2 is 2.14 bits per heavy atom. The van der Waals surface area contributed by atoms with Crippen LogP contribution in [0.4, 0.5) is 5.69 Å². The van der Waals surface area contributed by atoms with Crippen molar-refractivity contribution in [2.75, 3.05) is 8.46 Å². The number of hydrogen-bond donors (Lipinski definition) is 2. The zero-order valence-corrected chi connectivity index (χ0v) is 15.8. The number of halogens is 3. The van der Waals surface area contributed by atoms with E-state index in [0.29, 0.717) is 5.69 Å². The van der Waals surface area contributed by atoms with Crippen LogP contribution in [-0.4, -0.2) is 22.7 Å². The summed E-state index contributed by atoms with van der Waals surface area (Å²) < 4.78 is 26.5. The Balaban J connectivity index is 2.11. The van der Waals surface area contributed by atoms with Gasteiger partial charge < -0.3 is 0 Å². The fraction of sp³-hybridized carbons (Fsp3) is 0.0769. The zero-order valence-electron chi connectivity index (χ0n) is 11.3. The molecule has 0 aliphatic heterocycles. The standard InChI is InChI=1S/C13H11BrClIN4O2/c1-16(21,22)19-10-4-8(6-18-13(10)15)11-7-17-12-5-9(14)2-3-20(11)12/h2-7H,1H3,(H2,19,21,22).